The third-order valence-electron chi connectivity index (χ3n) is 2.64. The van der Waals surface area contributed by atoms with Gasteiger partial charge in [0.25, 0.3) is 0 Å². The smallest absolute Gasteiger partial charge is 0.335 e. The number of amides is 2. The number of carbonyl (C=O) groups excluding carboxylic acids is 1. The first-order chi connectivity index (χ1) is 9.56. The average molecular weight is 291 g/mol. The fraction of sp³-hybridized carbons (Fsp3) is 0.154. The highest BCUT2D eigenvalue weighted by Crippen LogP contribution is 2.12. The van der Waals surface area contributed by atoms with Crippen LogP contribution in [0.5, 0.6) is 0 Å². The molecule has 1 aromatic carbocycles. The number of anilines is 1. The molecule has 2 aromatic rings. The minimum absolute atomic E-state index is 0.177. The van der Waals surface area contributed by atoms with E-state index in [0.29, 0.717) is 12.2 Å². The number of aromatic nitrogens is 1. The summed E-state index contributed by atoms with van der Waals surface area (Å²) < 4.78 is 0. The summed E-state index contributed by atoms with van der Waals surface area (Å²) in [5.74, 6) is -0.998. The van der Waals surface area contributed by atoms with Crippen LogP contribution in [0.15, 0.2) is 29.8 Å². The van der Waals surface area contributed by atoms with E-state index in [-0.39, 0.29) is 11.6 Å². The molecule has 0 saturated carbocycles. The van der Waals surface area contributed by atoms with Gasteiger partial charge in [-0.2, -0.15) is 0 Å². The normalized spacial score (nSPS) is 10.1. The van der Waals surface area contributed by atoms with Crippen LogP contribution in [0, 0.1) is 6.92 Å². The second kappa shape index (κ2) is 6.16. The molecule has 7 heteroatoms. The minimum atomic E-state index is -0.998. The summed E-state index contributed by atoms with van der Waals surface area (Å²) in [6, 6.07) is 5.61. The van der Waals surface area contributed by atoms with E-state index in [4.69, 9.17) is 5.11 Å². The van der Waals surface area contributed by atoms with E-state index >= 15 is 0 Å². The van der Waals surface area contributed by atoms with Crippen molar-refractivity contribution in [3.63, 3.8) is 0 Å². The van der Waals surface area contributed by atoms with Gasteiger partial charge in [-0.3, -0.25) is 0 Å². The molecular formula is C13H13N3O3S. The van der Waals surface area contributed by atoms with Crippen LogP contribution in [-0.2, 0) is 6.54 Å². The van der Waals surface area contributed by atoms with E-state index in [2.05, 4.69) is 15.6 Å². The van der Waals surface area contributed by atoms with Crippen LogP contribution in [0.2, 0.25) is 0 Å². The molecule has 0 aliphatic rings. The maximum Gasteiger partial charge on any atom is 0.335 e. The predicted octanol–water partition coefficient (Wildman–Crippen LogP) is 2.47. The largest absolute Gasteiger partial charge is 0.478 e. The fourth-order valence-electron chi connectivity index (χ4n) is 1.53. The maximum atomic E-state index is 11.7. The summed E-state index contributed by atoms with van der Waals surface area (Å²) in [4.78, 5) is 27.5. The number of hydrogen-bond donors (Lipinski definition) is 3. The van der Waals surface area contributed by atoms with Crippen LogP contribution in [0.3, 0.4) is 0 Å². The fourth-order valence-corrected chi connectivity index (χ4v) is 2.24. The molecule has 0 spiro atoms. The lowest BCUT2D eigenvalue weighted by atomic mass is 10.2. The monoisotopic (exact) mass is 291 g/mol. The van der Waals surface area contributed by atoms with Crippen LogP contribution in [-0.4, -0.2) is 22.1 Å². The number of carbonyl (C=O) groups is 2. The molecule has 0 saturated heterocycles. The molecule has 2 rings (SSSR count). The molecule has 0 unspecified atom stereocenters. The first kappa shape index (κ1) is 14.0. The molecule has 20 heavy (non-hydrogen) atoms. The van der Waals surface area contributed by atoms with Gasteiger partial charge in [0.1, 0.15) is 0 Å². The van der Waals surface area contributed by atoms with Crippen molar-refractivity contribution in [2.24, 2.45) is 0 Å². The second-order valence-corrected chi connectivity index (χ2v) is 4.99. The Balaban J connectivity index is 1.88. The van der Waals surface area contributed by atoms with Crippen molar-refractivity contribution in [2.45, 2.75) is 13.5 Å². The van der Waals surface area contributed by atoms with Crippen LogP contribution in [0.4, 0.5) is 10.5 Å². The predicted molar refractivity (Wildman–Crippen MR) is 76.1 cm³/mol. The van der Waals surface area contributed by atoms with E-state index in [9.17, 15) is 9.59 Å². The van der Waals surface area contributed by atoms with Crippen LogP contribution in [0.25, 0.3) is 0 Å². The van der Waals surface area contributed by atoms with E-state index in [1.165, 1.54) is 23.5 Å². The number of rotatable bonds is 4. The Labute approximate surface area is 119 Å². The Kier molecular flexibility index (Phi) is 4.31. The number of urea groups is 1. The molecule has 1 aromatic heterocycles. The average Bonchev–Trinajstić information content (AvgIpc) is 2.82. The molecule has 2 amide bonds. The first-order valence-electron chi connectivity index (χ1n) is 5.83. The van der Waals surface area contributed by atoms with Gasteiger partial charge in [0.2, 0.25) is 0 Å². The molecule has 0 atom stereocenters. The third-order valence-corrected chi connectivity index (χ3v) is 3.58. The zero-order chi connectivity index (χ0) is 14.5. The molecule has 0 aliphatic heterocycles. The van der Waals surface area contributed by atoms with Crippen LogP contribution < -0.4 is 10.6 Å². The number of nitrogens with one attached hydrogen (secondary N) is 2. The Morgan fingerprint density at radius 2 is 2.00 bits per heavy atom. The van der Waals surface area contributed by atoms with Gasteiger partial charge in [-0.15, -0.1) is 11.3 Å². The number of hydrogen-bond acceptors (Lipinski definition) is 4. The summed E-state index contributed by atoms with van der Waals surface area (Å²) in [5, 5.41) is 14.1. The Bertz CT molecular complexity index is 622. The van der Waals surface area contributed by atoms with E-state index in [0.717, 1.165) is 10.6 Å². The minimum Gasteiger partial charge on any atom is -0.478 e. The van der Waals surface area contributed by atoms with Crippen LogP contribution in [0.1, 0.15) is 20.9 Å². The summed E-state index contributed by atoms with van der Waals surface area (Å²) >= 11 is 1.48. The van der Waals surface area contributed by atoms with Crippen molar-refractivity contribution >= 4 is 29.0 Å². The summed E-state index contributed by atoms with van der Waals surface area (Å²) in [6.07, 6.45) is 0. The zero-order valence-electron chi connectivity index (χ0n) is 10.7. The van der Waals surface area contributed by atoms with Crippen molar-refractivity contribution < 1.29 is 14.7 Å². The van der Waals surface area contributed by atoms with Gasteiger partial charge in [-0.25, -0.2) is 14.6 Å². The van der Waals surface area contributed by atoms with E-state index in [1.54, 1.807) is 17.6 Å². The van der Waals surface area contributed by atoms with Gasteiger partial charge < -0.3 is 15.7 Å². The van der Waals surface area contributed by atoms with Crippen molar-refractivity contribution in [1.29, 1.82) is 0 Å². The number of nitrogens with zero attached hydrogens (tertiary/aromatic N) is 1. The first-order valence-corrected chi connectivity index (χ1v) is 6.71. The van der Waals surface area contributed by atoms with Gasteiger partial charge in [-0.05, 0) is 31.2 Å². The number of aromatic carboxylic acids is 1. The molecule has 1 heterocycles. The molecule has 0 bridgehead atoms. The SMILES string of the molecule is Cc1ncsc1CNC(=O)Nc1ccc(C(=O)O)cc1. The molecule has 0 aliphatic carbocycles. The van der Waals surface area contributed by atoms with Crippen molar-refractivity contribution in [1.82, 2.24) is 10.3 Å². The second-order valence-electron chi connectivity index (χ2n) is 4.05. The summed E-state index contributed by atoms with van der Waals surface area (Å²) in [6.45, 7) is 2.30. The van der Waals surface area contributed by atoms with Gasteiger partial charge >= 0.3 is 12.0 Å². The Morgan fingerprint density at radius 3 is 2.55 bits per heavy atom. The standard InChI is InChI=1S/C13H13N3O3S/c1-8-11(20-7-15-8)6-14-13(19)16-10-4-2-9(3-5-10)12(17)18/h2-5,7H,6H2,1H3,(H,17,18)(H2,14,16,19). The van der Waals surface area contributed by atoms with Crippen molar-refractivity contribution in [3.8, 4) is 0 Å². The zero-order valence-corrected chi connectivity index (χ0v) is 11.5. The van der Waals surface area contributed by atoms with Crippen molar-refractivity contribution in [2.75, 3.05) is 5.32 Å². The van der Waals surface area contributed by atoms with E-state index < -0.39 is 5.97 Å². The van der Waals surface area contributed by atoms with Gasteiger partial charge in [0.15, 0.2) is 0 Å². The van der Waals surface area contributed by atoms with Gasteiger partial charge in [0.05, 0.1) is 23.3 Å². The lowest BCUT2D eigenvalue weighted by Gasteiger charge is -2.07. The van der Waals surface area contributed by atoms with Gasteiger partial charge in [-0.1, -0.05) is 0 Å². The Morgan fingerprint density at radius 1 is 1.30 bits per heavy atom. The summed E-state index contributed by atoms with van der Waals surface area (Å²) in [5.41, 5.74) is 3.35. The maximum absolute atomic E-state index is 11.7. The number of carboxylic acid groups (broad SMARTS) is 1. The van der Waals surface area contributed by atoms with Gasteiger partial charge in [0, 0.05) is 10.6 Å². The lowest BCUT2D eigenvalue weighted by molar-refractivity contribution is 0.0697. The molecule has 3 N–H and O–H groups in total. The molecule has 6 nitrogen and oxygen atoms in total. The third kappa shape index (κ3) is 3.55. The Hall–Kier alpha value is -2.41. The number of thiazole rings is 1. The number of aryl methyl sites for hydroxylation is 1. The number of benzene rings is 1. The lowest BCUT2D eigenvalue weighted by Crippen LogP contribution is -2.28. The highest BCUT2D eigenvalue weighted by molar-refractivity contribution is 7.09. The molecule has 104 valence electrons. The number of carboxylic acids is 1. The quantitative estimate of drug-likeness (QED) is 0.807. The van der Waals surface area contributed by atoms with E-state index in [1.807, 2.05) is 6.92 Å². The highest BCUT2D eigenvalue weighted by atomic mass is 32.1. The van der Waals surface area contributed by atoms with Crippen LogP contribution >= 0.6 is 11.3 Å². The van der Waals surface area contributed by atoms with Crippen molar-refractivity contribution in [3.05, 3.63) is 45.9 Å². The molecule has 0 fully saturated rings. The molecule has 0 radical (unpaired) electrons. The molecular weight excluding hydrogens is 278 g/mol. The summed E-state index contributed by atoms with van der Waals surface area (Å²) in [7, 11) is 0. The highest BCUT2D eigenvalue weighted by Gasteiger charge is 2.06. The topological polar surface area (TPSA) is 91.3 Å².